The van der Waals surface area contributed by atoms with Crippen LogP contribution in [-0.2, 0) is 11.3 Å². The van der Waals surface area contributed by atoms with Crippen LogP contribution in [-0.4, -0.2) is 54.6 Å². The molecule has 1 N–H and O–H groups in total. The second-order valence-corrected chi connectivity index (χ2v) is 6.23. The second kappa shape index (κ2) is 9.70. The first-order chi connectivity index (χ1) is 12.8. The maximum absolute atomic E-state index is 12.0. The lowest BCUT2D eigenvalue weighted by Gasteiger charge is -2.34. The molecule has 0 aliphatic carbocycles. The molecule has 0 atom stereocenters. The minimum Gasteiger partial charge on any atom is -0.465 e. The normalized spacial score (nSPS) is 16.5. The Morgan fingerprint density at radius 3 is 2.58 bits per heavy atom. The van der Waals surface area contributed by atoms with Crippen molar-refractivity contribution >= 4 is 18.2 Å². The summed E-state index contributed by atoms with van der Waals surface area (Å²) in [4.78, 5) is 16.5. The van der Waals surface area contributed by atoms with Gasteiger partial charge in [0.15, 0.2) is 0 Å². The van der Waals surface area contributed by atoms with Gasteiger partial charge in [0.05, 0.1) is 12.8 Å². The van der Waals surface area contributed by atoms with Crippen molar-refractivity contribution in [1.29, 1.82) is 0 Å². The summed E-state index contributed by atoms with van der Waals surface area (Å²) < 4.78 is 5.16. The van der Waals surface area contributed by atoms with E-state index in [-0.39, 0.29) is 5.91 Å². The molecule has 1 fully saturated rings. The lowest BCUT2D eigenvalue weighted by atomic mass is 10.2. The van der Waals surface area contributed by atoms with Crippen LogP contribution in [0.15, 0.2) is 64.3 Å². The predicted octanol–water partition coefficient (Wildman–Crippen LogP) is 2.21. The third-order valence-electron chi connectivity index (χ3n) is 4.23. The fourth-order valence-electron chi connectivity index (χ4n) is 2.86. The van der Waals surface area contributed by atoms with Gasteiger partial charge in [-0.25, -0.2) is 5.43 Å². The molecule has 0 saturated carbocycles. The smallest absolute Gasteiger partial charge is 0.254 e. The molecule has 1 aromatic carbocycles. The first-order valence-electron chi connectivity index (χ1n) is 8.80. The molecule has 1 saturated heterocycles. The molecule has 0 bridgehead atoms. The van der Waals surface area contributed by atoms with E-state index in [4.69, 9.17) is 4.42 Å². The zero-order valence-electron chi connectivity index (χ0n) is 14.8. The number of amides is 1. The van der Waals surface area contributed by atoms with Crippen LogP contribution in [0.1, 0.15) is 11.3 Å². The number of furan rings is 1. The van der Waals surface area contributed by atoms with E-state index in [1.807, 2.05) is 18.2 Å². The van der Waals surface area contributed by atoms with Gasteiger partial charge in [0.1, 0.15) is 5.76 Å². The highest BCUT2D eigenvalue weighted by Gasteiger charge is 2.18. The van der Waals surface area contributed by atoms with Gasteiger partial charge in [-0.2, -0.15) is 5.10 Å². The Balaban J connectivity index is 1.33. The lowest BCUT2D eigenvalue weighted by Crippen LogP contribution is -2.48. The molecule has 26 heavy (non-hydrogen) atoms. The highest BCUT2D eigenvalue weighted by atomic mass is 16.3. The number of benzene rings is 1. The van der Waals surface area contributed by atoms with Crippen LogP contribution in [0.4, 0.5) is 0 Å². The number of nitrogens with one attached hydrogen (secondary N) is 1. The number of carbonyl (C=O) groups is 1. The molecule has 0 radical (unpaired) electrons. The van der Waals surface area contributed by atoms with Crippen molar-refractivity contribution < 1.29 is 9.21 Å². The van der Waals surface area contributed by atoms with E-state index in [2.05, 4.69) is 44.6 Å². The van der Waals surface area contributed by atoms with Gasteiger partial charge in [-0.05, 0) is 29.8 Å². The van der Waals surface area contributed by atoms with Gasteiger partial charge >= 0.3 is 0 Å². The van der Waals surface area contributed by atoms with Gasteiger partial charge in [0.2, 0.25) is 0 Å². The number of hydrazone groups is 1. The summed E-state index contributed by atoms with van der Waals surface area (Å²) in [5, 5.41) is 3.92. The summed E-state index contributed by atoms with van der Waals surface area (Å²) >= 11 is 0. The first kappa shape index (κ1) is 18.1. The van der Waals surface area contributed by atoms with E-state index in [1.165, 1.54) is 11.8 Å². The molecule has 6 heteroatoms. The summed E-state index contributed by atoms with van der Waals surface area (Å²) in [5.74, 6) is 0.653. The van der Waals surface area contributed by atoms with Crippen molar-refractivity contribution in [1.82, 2.24) is 15.2 Å². The second-order valence-electron chi connectivity index (χ2n) is 6.23. The standard InChI is InChI=1S/C20H24N4O2/c25-20(22-21-10-4-8-19-9-5-15-26-19)17-24-13-11-23(12-14-24)16-18-6-2-1-3-7-18/h1-10,15H,11-14,16-17H2,(H,22,25)/b8-4-,21-10?. The Morgan fingerprint density at radius 1 is 1.08 bits per heavy atom. The summed E-state index contributed by atoms with van der Waals surface area (Å²) in [6.07, 6.45) is 6.65. The molecular formula is C20H24N4O2. The molecule has 6 nitrogen and oxygen atoms in total. The Morgan fingerprint density at radius 2 is 1.85 bits per heavy atom. The van der Waals surface area contributed by atoms with E-state index >= 15 is 0 Å². The van der Waals surface area contributed by atoms with Gasteiger partial charge in [0.25, 0.3) is 5.91 Å². The van der Waals surface area contributed by atoms with Crippen molar-refractivity contribution in [3.8, 4) is 0 Å². The lowest BCUT2D eigenvalue weighted by molar-refractivity contribution is -0.122. The third-order valence-corrected chi connectivity index (χ3v) is 4.23. The number of nitrogens with zero attached hydrogens (tertiary/aromatic N) is 3. The largest absolute Gasteiger partial charge is 0.465 e. The van der Waals surface area contributed by atoms with Crippen LogP contribution in [0.25, 0.3) is 6.08 Å². The summed E-state index contributed by atoms with van der Waals surface area (Å²) in [5.41, 5.74) is 3.88. The summed E-state index contributed by atoms with van der Waals surface area (Å²) in [6.45, 7) is 5.06. The Hall–Kier alpha value is -2.70. The first-order valence-corrected chi connectivity index (χ1v) is 8.80. The third kappa shape index (κ3) is 5.98. The molecule has 2 aromatic rings. The predicted molar refractivity (Wildman–Crippen MR) is 103 cm³/mol. The quantitative estimate of drug-likeness (QED) is 0.613. The van der Waals surface area contributed by atoms with E-state index in [9.17, 15) is 4.79 Å². The van der Waals surface area contributed by atoms with Gasteiger partial charge in [0, 0.05) is 38.9 Å². The minimum atomic E-state index is -0.0934. The topological polar surface area (TPSA) is 61.1 Å². The van der Waals surface area contributed by atoms with Gasteiger partial charge in [-0.3, -0.25) is 14.6 Å². The average Bonchev–Trinajstić information content (AvgIpc) is 3.17. The maximum Gasteiger partial charge on any atom is 0.254 e. The molecule has 0 spiro atoms. The number of carbonyl (C=O) groups excluding carboxylic acids is 1. The van der Waals surface area contributed by atoms with Crippen LogP contribution in [0.2, 0.25) is 0 Å². The highest BCUT2D eigenvalue weighted by molar-refractivity contribution is 5.81. The molecule has 1 aliphatic rings. The SMILES string of the molecule is O=C(CN1CCN(Cc2ccccc2)CC1)NN=C/C=C\c1ccco1. The Bertz CT molecular complexity index is 718. The van der Waals surface area contributed by atoms with Crippen LogP contribution < -0.4 is 5.43 Å². The van der Waals surface area contributed by atoms with Crippen LogP contribution in [0.3, 0.4) is 0 Å². The Kier molecular flexibility index (Phi) is 6.75. The molecule has 1 amide bonds. The molecule has 0 unspecified atom stereocenters. The zero-order chi connectivity index (χ0) is 18.0. The van der Waals surface area contributed by atoms with Gasteiger partial charge < -0.3 is 4.42 Å². The van der Waals surface area contributed by atoms with Crippen molar-refractivity contribution in [2.24, 2.45) is 5.10 Å². The number of piperazine rings is 1. The molecule has 1 aliphatic heterocycles. The number of hydrogen-bond donors (Lipinski definition) is 1. The van der Waals surface area contributed by atoms with E-state index in [1.54, 1.807) is 18.4 Å². The van der Waals surface area contributed by atoms with E-state index < -0.39 is 0 Å². The fraction of sp³-hybridized carbons (Fsp3) is 0.300. The number of hydrogen-bond acceptors (Lipinski definition) is 5. The van der Waals surface area contributed by atoms with Crippen molar-refractivity contribution in [2.75, 3.05) is 32.7 Å². The monoisotopic (exact) mass is 352 g/mol. The number of allylic oxidation sites excluding steroid dienone is 1. The minimum absolute atomic E-state index is 0.0934. The zero-order valence-corrected chi connectivity index (χ0v) is 14.8. The average molecular weight is 352 g/mol. The van der Waals surface area contributed by atoms with Gasteiger partial charge in [-0.15, -0.1) is 0 Å². The highest BCUT2D eigenvalue weighted by Crippen LogP contribution is 2.08. The fourth-order valence-corrected chi connectivity index (χ4v) is 2.86. The molecular weight excluding hydrogens is 328 g/mol. The van der Waals surface area contributed by atoms with E-state index in [0.29, 0.717) is 6.54 Å². The maximum atomic E-state index is 12.0. The van der Waals surface area contributed by atoms with E-state index in [0.717, 1.165) is 38.5 Å². The van der Waals surface area contributed by atoms with Gasteiger partial charge in [-0.1, -0.05) is 30.3 Å². The Labute approximate surface area is 153 Å². The van der Waals surface area contributed by atoms with Crippen molar-refractivity contribution in [3.05, 3.63) is 66.1 Å². The number of rotatable bonds is 7. The molecule has 136 valence electrons. The van der Waals surface area contributed by atoms with Crippen LogP contribution in [0.5, 0.6) is 0 Å². The molecule has 1 aromatic heterocycles. The summed E-state index contributed by atoms with van der Waals surface area (Å²) in [6, 6.07) is 14.1. The molecule has 3 rings (SSSR count). The van der Waals surface area contributed by atoms with Crippen LogP contribution in [0, 0.1) is 0 Å². The molecule has 2 heterocycles. The van der Waals surface area contributed by atoms with Crippen molar-refractivity contribution in [2.45, 2.75) is 6.54 Å². The summed E-state index contributed by atoms with van der Waals surface area (Å²) in [7, 11) is 0. The van der Waals surface area contributed by atoms with Crippen molar-refractivity contribution in [3.63, 3.8) is 0 Å². The van der Waals surface area contributed by atoms with Crippen LogP contribution >= 0.6 is 0 Å².